The Morgan fingerprint density at radius 3 is 2.51 bits per heavy atom. The summed E-state index contributed by atoms with van der Waals surface area (Å²) in [4.78, 5) is 29.0. The van der Waals surface area contributed by atoms with Gasteiger partial charge in [-0.3, -0.25) is 9.59 Å². The van der Waals surface area contributed by atoms with E-state index >= 15 is 0 Å². The quantitative estimate of drug-likeness (QED) is 0.323. The van der Waals surface area contributed by atoms with Crippen molar-refractivity contribution in [2.45, 2.75) is 56.5 Å². The Kier molecular flexibility index (Phi) is 8.82. The standard InChI is InChI=1S/C31H38N2O8/c1-39-24-9-4-3-6-19(24)10-12-33(31(38)20-7-5-8-20)23-16-22(30(37)32-11-13-34)26-21-14-18(17-35)15-25(40-2)28(21)41-29(26)27(23)36/h3-4,6,9,14-16,20,23,26-27,29,34-36H,5,7-8,10-13,17H2,1-2H3,(H,32,37). The van der Waals surface area contributed by atoms with Crippen LogP contribution in [0.4, 0.5) is 0 Å². The number of carbonyl (C=O) groups excluding carboxylic acids is 2. The molecule has 2 aliphatic carbocycles. The lowest BCUT2D eigenvalue weighted by Crippen LogP contribution is -2.57. The number of nitrogens with one attached hydrogen (secondary N) is 1. The summed E-state index contributed by atoms with van der Waals surface area (Å²) in [5, 5.41) is 33.8. The highest BCUT2D eigenvalue weighted by Crippen LogP contribution is 2.51. The fourth-order valence-corrected chi connectivity index (χ4v) is 6.07. The molecule has 2 aromatic carbocycles. The summed E-state index contributed by atoms with van der Waals surface area (Å²) >= 11 is 0. The van der Waals surface area contributed by atoms with Gasteiger partial charge in [0, 0.05) is 30.1 Å². The van der Waals surface area contributed by atoms with Crippen LogP contribution in [0, 0.1) is 5.92 Å². The van der Waals surface area contributed by atoms with Gasteiger partial charge < -0.3 is 39.7 Å². The molecule has 1 saturated carbocycles. The van der Waals surface area contributed by atoms with Crippen molar-refractivity contribution in [3.63, 3.8) is 0 Å². The minimum atomic E-state index is -1.15. The molecule has 1 heterocycles. The van der Waals surface area contributed by atoms with Gasteiger partial charge in [0.15, 0.2) is 11.5 Å². The zero-order valence-corrected chi connectivity index (χ0v) is 23.4. The maximum atomic E-state index is 13.8. The van der Waals surface area contributed by atoms with E-state index in [0.717, 1.165) is 24.8 Å². The van der Waals surface area contributed by atoms with E-state index in [4.69, 9.17) is 14.2 Å². The van der Waals surface area contributed by atoms with Crippen LogP contribution in [-0.2, 0) is 22.6 Å². The molecule has 0 saturated heterocycles. The number of hydrogen-bond acceptors (Lipinski definition) is 8. The van der Waals surface area contributed by atoms with Gasteiger partial charge in [-0.1, -0.05) is 24.6 Å². The van der Waals surface area contributed by atoms with E-state index < -0.39 is 30.1 Å². The molecular formula is C31H38N2O8. The highest BCUT2D eigenvalue weighted by atomic mass is 16.5. The van der Waals surface area contributed by atoms with Gasteiger partial charge in [-0.15, -0.1) is 0 Å². The summed E-state index contributed by atoms with van der Waals surface area (Å²) in [5.74, 6) is 0.224. The first-order chi connectivity index (χ1) is 19.9. The molecule has 0 aromatic heterocycles. The van der Waals surface area contributed by atoms with Crippen LogP contribution in [0.5, 0.6) is 17.2 Å². The number of nitrogens with zero attached hydrogens (tertiary/aromatic N) is 1. The highest BCUT2D eigenvalue weighted by Gasteiger charge is 2.52. The van der Waals surface area contributed by atoms with Crippen LogP contribution in [0.15, 0.2) is 48.0 Å². The molecule has 0 bridgehead atoms. The lowest BCUT2D eigenvalue weighted by atomic mass is 9.76. The Bertz CT molecular complexity index is 1310. The molecule has 41 heavy (non-hydrogen) atoms. The van der Waals surface area contributed by atoms with Gasteiger partial charge in [0.2, 0.25) is 11.8 Å². The van der Waals surface area contributed by atoms with Crippen LogP contribution in [0.2, 0.25) is 0 Å². The number of methoxy groups -OCH3 is 2. The van der Waals surface area contributed by atoms with Gasteiger partial charge in [0.1, 0.15) is 18.0 Å². The average molecular weight is 567 g/mol. The molecule has 10 heteroatoms. The molecule has 5 rings (SSSR count). The fourth-order valence-electron chi connectivity index (χ4n) is 6.07. The monoisotopic (exact) mass is 566 g/mol. The van der Waals surface area contributed by atoms with Crippen molar-refractivity contribution in [3.8, 4) is 17.2 Å². The number of ether oxygens (including phenoxy) is 3. The lowest BCUT2D eigenvalue weighted by Gasteiger charge is -2.43. The number of hydrogen-bond donors (Lipinski definition) is 4. The van der Waals surface area contributed by atoms with Crippen molar-refractivity contribution < 1.29 is 39.1 Å². The van der Waals surface area contributed by atoms with E-state index in [1.807, 2.05) is 24.3 Å². The lowest BCUT2D eigenvalue weighted by molar-refractivity contribution is -0.144. The second-order valence-corrected chi connectivity index (χ2v) is 10.7. The minimum absolute atomic E-state index is 0.0486. The van der Waals surface area contributed by atoms with Gasteiger partial charge in [0.05, 0.1) is 39.4 Å². The summed E-state index contributed by atoms with van der Waals surface area (Å²) in [7, 11) is 3.09. The Morgan fingerprint density at radius 1 is 1.10 bits per heavy atom. The predicted molar refractivity (Wildman–Crippen MR) is 150 cm³/mol. The van der Waals surface area contributed by atoms with Crippen LogP contribution in [0.25, 0.3) is 0 Å². The summed E-state index contributed by atoms with van der Waals surface area (Å²) in [6, 6.07) is 10.2. The smallest absolute Gasteiger partial charge is 0.247 e. The number of benzene rings is 2. The zero-order valence-electron chi connectivity index (χ0n) is 23.4. The number of amides is 2. The van der Waals surface area contributed by atoms with Crippen molar-refractivity contribution in [2.24, 2.45) is 5.92 Å². The van der Waals surface area contributed by atoms with E-state index in [2.05, 4.69) is 5.32 Å². The molecular weight excluding hydrogens is 528 g/mol. The first-order valence-corrected chi connectivity index (χ1v) is 14.1. The van der Waals surface area contributed by atoms with Crippen molar-refractivity contribution in [1.82, 2.24) is 10.2 Å². The largest absolute Gasteiger partial charge is 0.496 e. The summed E-state index contributed by atoms with van der Waals surface area (Å²) in [6.07, 6.45) is 2.70. The van der Waals surface area contributed by atoms with Gasteiger partial charge in [-0.2, -0.15) is 0 Å². The zero-order chi connectivity index (χ0) is 29.1. The number of aliphatic hydroxyl groups excluding tert-OH is 3. The molecule has 4 unspecified atom stereocenters. The molecule has 10 nitrogen and oxygen atoms in total. The van der Waals surface area contributed by atoms with E-state index in [1.165, 1.54) is 7.11 Å². The van der Waals surface area contributed by atoms with Crippen molar-refractivity contribution in [2.75, 3.05) is 33.9 Å². The third kappa shape index (κ3) is 5.51. The van der Waals surface area contributed by atoms with Crippen LogP contribution in [0.3, 0.4) is 0 Å². The second-order valence-electron chi connectivity index (χ2n) is 10.7. The molecule has 2 amide bonds. The Labute approximate surface area is 239 Å². The molecule has 4 N–H and O–H groups in total. The first-order valence-electron chi connectivity index (χ1n) is 14.1. The van der Waals surface area contributed by atoms with Crippen LogP contribution in [0.1, 0.15) is 41.9 Å². The predicted octanol–water partition coefficient (Wildman–Crippen LogP) is 1.69. The summed E-state index contributed by atoms with van der Waals surface area (Å²) in [6.45, 7) is -0.122. The van der Waals surface area contributed by atoms with E-state index in [-0.39, 0.29) is 31.6 Å². The van der Waals surface area contributed by atoms with E-state index in [1.54, 1.807) is 30.2 Å². The average Bonchev–Trinajstić information content (AvgIpc) is 3.35. The highest BCUT2D eigenvalue weighted by molar-refractivity contribution is 5.96. The van der Waals surface area contributed by atoms with Crippen molar-refractivity contribution in [3.05, 3.63) is 64.7 Å². The van der Waals surface area contributed by atoms with E-state index in [9.17, 15) is 24.9 Å². The molecule has 0 radical (unpaired) electrons. The number of fused-ring (bicyclic) bond motifs is 3. The summed E-state index contributed by atoms with van der Waals surface area (Å²) in [5.41, 5.74) is 2.46. The van der Waals surface area contributed by atoms with Crippen LogP contribution in [-0.4, -0.2) is 84.2 Å². The molecule has 4 atom stereocenters. The summed E-state index contributed by atoms with van der Waals surface area (Å²) < 4.78 is 17.4. The molecule has 3 aliphatic rings. The molecule has 1 fully saturated rings. The SMILES string of the molecule is COc1ccccc1CCN(C(=O)C1CCC1)C1C=C(C(=O)NCCO)C2c3cc(CO)cc(OC)c3OC2C1O. The minimum Gasteiger partial charge on any atom is -0.496 e. The van der Waals surface area contributed by atoms with Gasteiger partial charge in [-0.05, 0) is 54.7 Å². The van der Waals surface area contributed by atoms with Crippen LogP contribution < -0.4 is 19.5 Å². The maximum absolute atomic E-state index is 13.8. The first kappa shape index (κ1) is 28.9. The van der Waals surface area contributed by atoms with Gasteiger partial charge >= 0.3 is 0 Å². The normalized spacial score (nSPS) is 22.9. The molecule has 1 aliphatic heterocycles. The third-order valence-electron chi connectivity index (χ3n) is 8.41. The van der Waals surface area contributed by atoms with E-state index in [0.29, 0.717) is 46.9 Å². The number of carbonyl (C=O) groups is 2. The van der Waals surface area contributed by atoms with Crippen LogP contribution >= 0.6 is 0 Å². The number of para-hydroxylation sites is 1. The number of rotatable bonds is 11. The Morgan fingerprint density at radius 2 is 1.85 bits per heavy atom. The Balaban J connectivity index is 1.55. The van der Waals surface area contributed by atoms with Gasteiger partial charge in [-0.25, -0.2) is 0 Å². The second kappa shape index (κ2) is 12.5. The fraction of sp³-hybridized carbons (Fsp3) is 0.484. The Hall–Kier alpha value is -3.60. The van der Waals surface area contributed by atoms with Crippen molar-refractivity contribution in [1.29, 1.82) is 0 Å². The topological polar surface area (TPSA) is 138 Å². The molecule has 0 spiro atoms. The van der Waals surface area contributed by atoms with Gasteiger partial charge in [0.25, 0.3) is 0 Å². The third-order valence-corrected chi connectivity index (χ3v) is 8.41. The van der Waals surface area contributed by atoms with Crippen molar-refractivity contribution >= 4 is 11.8 Å². The maximum Gasteiger partial charge on any atom is 0.247 e. The molecule has 2 aromatic rings. The molecule has 220 valence electrons. The number of aliphatic hydroxyl groups is 3.